The van der Waals surface area contributed by atoms with E-state index in [1.807, 2.05) is 0 Å². The molecule has 1 fully saturated rings. The van der Waals surface area contributed by atoms with E-state index in [1.165, 1.54) is 155 Å². The normalized spacial score (nSPS) is 16.9. The second kappa shape index (κ2) is 20.8. The molecule has 0 spiro atoms. The molecule has 0 bridgehead atoms. The molecular weight excluding hydrogens is 364 g/mol. The molecule has 1 unspecified atom stereocenters. The zero-order chi connectivity index (χ0) is 21.7. The van der Waals surface area contributed by atoms with Crippen LogP contribution in [0.4, 0.5) is 0 Å². The zero-order valence-electron chi connectivity index (χ0n) is 21.4. The minimum atomic E-state index is 0.933. The summed E-state index contributed by atoms with van der Waals surface area (Å²) in [7, 11) is 0. The molecule has 30 heavy (non-hydrogen) atoms. The summed E-state index contributed by atoms with van der Waals surface area (Å²) < 4.78 is 0. The Balaban J connectivity index is 1.85. The van der Waals surface area contributed by atoms with Crippen LogP contribution in [0.15, 0.2) is 0 Å². The lowest BCUT2D eigenvalue weighted by atomic mass is 9.98. The summed E-state index contributed by atoms with van der Waals surface area (Å²) in [5, 5.41) is 0. The van der Waals surface area contributed by atoms with Crippen molar-refractivity contribution in [3.05, 3.63) is 0 Å². The maximum Gasteiger partial charge on any atom is 0.0110 e. The summed E-state index contributed by atoms with van der Waals surface area (Å²) in [5.74, 6) is 0.933. The highest BCUT2D eigenvalue weighted by atomic mass is 15.3. The van der Waals surface area contributed by atoms with Gasteiger partial charge in [0, 0.05) is 32.7 Å². The fourth-order valence-electron chi connectivity index (χ4n) is 5.01. The van der Waals surface area contributed by atoms with Gasteiger partial charge in [0.15, 0.2) is 0 Å². The van der Waals surface area contributed by atoms with Gasteiger partial charge in [0.2, 0.25) is 0 Å². The van der Waals surface area contributed by atoms with E-state index in [9.17, 15) is 0 Å². The molecule has 0 N–H and O–H groups in total. The summed E-state index contributed by atoms with van der Waals surface area (Å²) in [6.45, 7) is 14.9. The molecule has 1 atom stereocenters. The SMILES string of the molecule is CCCCCCCCCCCCCCCCN1CCN(CC(CC)CCCC)CC1. The number of hydrogen-bond donors (Lipinski definition) is 0. The predicted molar refractivity (Wildman–Crippen MR) is 136 cm³/mol. The molecule has 0 aliphatic carbocycles. The van der Waals surface area contributed by atoms with E-state index in [-0.39, 0.29) is 0 Å². The Hall–Kier alpha value is -0.0800. The minimum Gasteiger partial charge on any atom is -0.301 e. The highest BCUT2D eigenvalue weighted by Crippen LogP contribution is 2.16. The summed E-state index contributed by atoms with van der Waals surface area (Å²) in [6, 6.07) is 0. The van der Waals surface area contributed by atoms with E-state index in [2.05, 4.69) is 30.6 Å². The number of unbranched alkanes of at least 4 members (excludes halogenated alkanes) is 14. The van der Waals surface area contributed by atoms with Gasteiger partial charge in [-0.25, -0.2) is 0 Å². The highest BCUT2D eigenvalue weighted by Gasteiger charge is 2.18. The quantitative estimate of drug-likeness (QED) is 0.172. The molecule has 0 amide bonds. The molecule has 1 aliphatic rings. The van der Waals surface area contributed by atoms with Gasteiger partial charge in [-0.05, 0) is 25.3 Å². The van der Waals surface area contributed by atoms with E-state index in [4.69, 9.17) is 0 Å². The van der Waals surface area contributed by atoms with Crippen LogP contribution in [0.25, 0.3) is 0 Å². The van der Waals surface area contributed by atoms with Gasteiger partial charge in [0.25, 0.3) is 0 Å². The Labute approximate surface area is 191 Å². The first-order valence-electron chi connectivity index (χ1n) is 14.2. The monoisotopic (exact) mass is 422 g/mol. The number of rotatable bonds is 21. The Bertz CT molecular complexity index is 336. The number of piperazine rings is 1. The lowest BCUT2D eigenvalue weighted by Crippen LogP contribution is -2.47. The van der Waals surface area contributed by atoms with Crippen LogP contribution in [0, 0.1) is 5.92 Å². The van der Waals surface area contributed by atoms with Crippen LogP contribution < -0.4 is 0 Å². The Morgan fingerprint density at radius 1 is 0.500 bits per heavy atom. The Kier molecular flexibility index (Phi) is 19.4. The van der Waals surface area contributed by atoms with Crippen molar-refractivity contribution in [2.24, 2.45) is 5.92 Å². The fraction of sp³-hybridized carbons (Fsp3) is 1.00. The molecule has 0 radical (unpaired) electrons. The number of hydrogen-bond acceptors (Lipinski definition) is 2. The molecule has 1 heterocycles. The smallest absolute Gasteiger partial charge is 0.0110 e. The van der Waals surface area contributed by atoms with E-state index in [0.717, 1.165) is 5.92 Å². The first kappa shape index (κ1) is 28.0. The molecule has 180 valence electrons. The Morgan fingerprint density at radius 3 is 1.40 bits per heavy atom. The van der Waals surface area contributed by atoms with E-state index < -0.39 is 0 Å². The molecule has 1 saturated heterocycles. The van der Waals surface area contributed by atoms with Crippen molar-refractivity contribution in [1.82, 2.24) is 9.80 Å². The van der Waals surface area contributed by atoms with Crippen molar-refractivity contribution in [2.45, 2.75) is 136 Å². The third kappa shape index (κ3) is 15.7. The minimum absolute atomic E-state index is 0.933. The summed E-state index contributed by atoms with van der Waals surface area (Å²) in [4.78, 5) is 5.47. The van der Waals surface area contributed by atoms with Crippen LogP contribution >= 0.6 is 0 Å². The third-order valence-corrected chi connectivity index (χ3v) is 7.35. The van der Waals surface area contributed by atoms with Crippen molar-refractivity contribution in [3.63, 3.8) is 0 Å². The first-order valence-corrected chi connectivity index (χ1v) is 14.2. The van der Waals surface area contributed by atoms with Crippen LogP contribution in [-0.2, 0) is 0 Å². The third-order valence-electron chi connectivity index (χ3n) is 7.35. The largest absolute Gasteiger partial charge is 0.301 e. The van der Waals surface area contributed by atoms with Gasteiger partial charge >= 0.3 is 0 Å². The average Bonchev–Trinajstić information content (AvgIpc) is 2.77. The lowest BCUT2D eigenvalue weighted by Gasteiger charge is -2.36. The maximum absolute atomic E-state index is 2.74. The van der Waals surface area contributed by atoms with Crippen molar-refractivity contribution in [3.8, 4) is 0 Å². The van der Waals surface area contributed by atoms with Gasteiger partial charge in [-0.15, -0.1) is 0 Å². The van der Waals surface area contributed by atoms with E-state index >= 15 is 0 Å². The Morgan fingerprint density at radius 2 is 0.933 bits per heavy atom. The van der Waals surface area contributed by atoms with Crippen LogP contribution in [0.5, 0.6) is 0 Å². The summed E-state index contributed by atoms with van der Waals surface area (Å²) in [5.41, 5.74) is 0. The molecule has 0 aromatic heterocycles. The second-order valence-corrected chi connectivity index (χ2v) is 10.2. The lowest BCUT2D eigenvalue weighted by molar-refractivity contribution is 0.113. The number of nitrogens with zero attached hydrogens (tertiary/aromatic N) is 2. The van der Waals surface area contributed by atoms with E-state index in [1.54, 1.807) is 0 Å². The van der Waals surface area contributed by atoms with Crippen LogP contribution in [-0.4, -0.2) is 49.1 Å². The molecule has 2 nitrogen and oxygen atoms in total. The molecular formula is C28H58N2. The van der Waals surface area contributed by atoms with E-state index in [0.29, 0.717) is 0 Å². The molecule has 0 aromatic rings. The second-order valence-electron chi connectivity index (χ2n) is 10.2. The average molecular weight is 423 g/mol. The topological polar surface area (TPSA) is 6.48 Å². The van der Waals surface area contributed by atoms with Crippen molar-refractivity contribution in [2.75, 3.05) is 39.3 Å². The van der Waals surface area contributed by atoms with Gasteiger partial charge in [-0.1, -0.05) is 124 Å². The maximum atomic E-state index is 2.74. The van der Waals surface area contributed by atoms with Gasteiger partial charge in [0.1, 0.15) is 0 Å². The standard InChI is InChI=1S/C28H58N2/c1-4-7-9-10-11-12-13-14-15-16-17-18-19-20-22-29-23-25-30(26-24-29)27-28(6-3)21-8-5-2/h28H,4-27H2,1-3H3. The molecule has 1 aliphatic heterocycles. The van der Waals surface area contributed by atoms with Gasteiger partial charge in [-0.3, -0.25) is 0 Å². The van der Waals surface area contributed by atoms with Crippen molar-refractivity contribution >= 4 is 0 Å². The van der Waals surface area contributed by atoms with Crippen molar-refractivity contribution in [1.29, 1.82) is 0 Å². The summed E-state index contributed by atoms with van der Waals surface area (Å²) in [6.07, 6.45) is 26.0. The van der Waals surface area contributed by atoms with Crippen LogP contribution in [0.2, 0.25) is 0 Å². The first-order chi connectivity index (χ1) is 14.8. The highest BCUT2D eigenvalue weighted by molar-refractivity contribution is 4.74. The summed E-state index contributed by atoms with van der Waals surface area (Å²) >= 11 is 0. The van der Waals surface area contributed by atoms with Gasteiger partial charge in [-0.2, -0.15) is 0 Å². The van der Waals surface area contributed by atoms with Crippen LogP contribution in [0.3, 0.4) is 0 Å². The zero-order valence-corrected chi connectivity index (χ0v) is 21.4. The van der Waals surface area contributed by atoms with Gasteiger partial charge in [0.05, 0.1) is 0 Å². The predicted octanol–water partition coefficient (Wildman–Crippen LogP) is 8.30. The molecule has 0 aromatic carbocycles. The van der Waals surface area contributed by atoms with Crippen LogP contribution in [0.1, 0.15) is 136 Å². The molecule has 0 saturated carbocycles. The molecule has 2 heteroatoms. The van der Waals surface area contributed by atoms with Gasteiger partial charge < -0.3 is 9.80 Å². The molecule has 1 rings (SSSR count). The fourth-order valence-corrected chi connectivity index (χ4v) is 5.01. The van der Waals surface area contributed by atoms with Crippen molar-refractivity contribution < 1.29 is 0 Å².